The van der Waals surface area contributed by atoms with Crippen LogP contribution in [0.2, 0.25) is 0 Å². The number of amides is 1. The number of hydrogen-bond acceptors (Lipinski definition) is 7. The Balaban J connectivity index is 1.93. The third kappa shape index (κ3) is 7.04. The predicted octanol–water partition coefficient (Wildman–Crippen LogP) is 5.69. The third-order valence-corrected chi connectivity index (χ3v) is 9.74. The van der Waals surface area contributed by atoms with Crippen LogP contribution in [0.3, 0.4) is 0 Å². The molecule has 3 aromatic rings. The van der Waals surface area contributed by atoms with Crippen molar-refractivity contribution >= 4 is 49.2 Å². The lowest BCUT2D eigenvalue weighted by Gasteiger charge is -2.32. The van der Waals surface area contributed by atoms with Crippen LogP contribution in [0.25, 0.3) is 10.2 Å². The molecule has 0 saturated heterocycles. The van der Waals surface area contributed by atoms with Crippen LogP contribution in [0.4, 0.5) is 0 Å². The van der Waals surface area contributed by atoms with Crippen molar-refractivity contribution in [1.82, 2.24) is 14.8 Å². The first-order valence-electron chi connectivity index (χ1n) is 11.8. The van der Waals surface area contributed by atoms with Crippen LogP contribution in [0, 0.1) is 5.92 Å². The maximum absolute atomic E-state index is 13.9. The van der Waals surface area contributed by atoms with Crippen molar-refractivity contribution in [1.29, 1.82) is 0 Å². The Kier molecular flexibility index (Phi) is 10.1. The summed E-state index contributed by atoms with van der Waals surface area (Å²) in [6.45, 7) is 5.69. The number of benzene rings is 2. The summed E-state index contributed by atoms with van der Waals surface area (Å²) >= 11 is 3.18. The monoisotopic (exact) mass is 535 g/mol. The van der Waals surface area contributed by atoms with Gasteiger partial charge in [0.05, 0.1) is 15.1 Å². The van der Waals surface area contributed by atoms with E-state index in [1.807, 2.05) is 30.3 Å². The normalized spacial score (nSPS) is 13.0. The number of nitrogens with one attached hydrogen (secondary N) is 1. The van der Waals surface area contributed by atoms with Crippen molar-refractivity contribution in [3.8, 4) is 0 Å². The molecule has 0 aliphatic rings. The Morgan fingerprint density at radius 3 is 2.54 bits per heavy atom. The number of aromatic nitrogens is 1. The summed E-state index contributed by atoms with van der Waals surface area (Å²) in [4.78, 5) is 17.3. The van der Waals surface area contributed by atoms with Gasteiger partial charge >= 0.3 is 0 Å². The highest BCUT2D eigenvalue weighted by Gasteiger charge is 2.38. The SMILES string of the molecule is CCCCCCSc1nc2ccc(S(=O)(=O)N(Cc3ccccc3)[C@@H](C(=O)NO)C(C)C)cc2s1. The van der Waals surface area contributed by atoms with E-state index in [0.717, 1.165) is 32.3 Å². The first kappa shape index (κ1) is 27.6. The highest BCUT2D eigenvalue weighted by Crippen LogP contribution is 2.33. The smallest absolute Gasteiger partial charge is 0.262 e. The van der Waals surface area contributed by atoms with Crippen molar-refractivity contribution in [3.63, 3.8) is 0 Å². The number of unbranched alkanes of at least 4 members (excludes halogenated alkanes) is 3. The van der Waals surface area contributed by atoms with E-state index in [-0.39, 0.29) is 17.4 Å². The van der Waals surface area contributed by atoms with Crippen LogP contribution in [-0.4, -0.2) is 40.6 Å². The van der Waals surface area contributed by atoms with E-state index in [0.29, 0.717) is 0 Å². The third-order valence-electron chi connectivity index (χ3n) is 5.67. The summed E-state index contributed by atoms with van der Waals surface area (Å²) in [7, 11) is -4.07. The summed E-state index contributed by atoms with van der Waals surface area (Å²) in [5.74, 6) is -0.147. The Morgan fingerprint density at radius 2 is 1.89 bits per heavy atom. The zero-order chi connectivity index (χ0) is 25.4. The molecule has 2 N–H and O–H groups in total. The summed E-state index contributed by atoms with van der Waals surface area (Å²) in [6.07, 6.45) is 4.76. The fraction of sp³-hybridized carbons (Fsp3) is 0.440. The quantitative estimate of drug-likeness (QED) is 0.126. The number of nitrogens with zero attached hydrogens (tertiary/aromatic N) is 2. The van der Waals surface area contributed by atoms with Crippen molar-refractivity contribution in [2.75, 3.05) is 5.75 Å². The van der Waals surface area contributed by atoms with Gasteiger partial charge in [-0.25, -0.2) is 18.9 Å². The molecule has 1 atom stereocenters. The number of rotatable bonds is 13. The van der Waals surface area contributed by atoms with Gasteiger partial charge in [0.25, 0.3) is 5.91 Å². The molecule has 0 fully saturated rings. The standard InChI is InChI=1S/C25H33N3O4S3/c1-4-5-6-10-15-33-25-26-21-14-13-20(16-22(21)34-25)35(31,32)28(17-19-11-8-7-9-12-19)23(18(2)3)24(29)27-30/h7-9,11-14,16,18,23,30H,4-6,10,15,17H2,1-3H3,(H,27,29)/t23-/m1/s1. The average Bonchev–Trinajstić information content (AvgIpc) is 3.26. The number of carbonyl (C=O) groups excluding carboxylic acids is 1. The molecule has 1 amide bonds. The highest BCUT2D eigenvalue weighted by molar-refractivity contribution is 8.01. The lowest BCUT2D eigenvalue weighted by molar-refractivity contribution is -0.134. The van der Waals surface area contributed by atoms with Gasteiger partial charge in [-0.2, -0.15) is 4.31 Å². The van der Waals surface area contributed by atoms with Gasteiger partial charge in [-0.3, -0.25) is 10.0 Å². The van der Waals surface area contributed by atoms with Crippen molar-refractivity contribution < 1.29 is 18.4 Å². The van der Waals surface area contributed by atoms with E-state index < -0.39 is 22.0 Å². The lowest BCUT2D eigenvalue weighted by Crippen LogP contribution is -2.51. The first-order valence-corrected chi connectivity index (χ1v) is 15.0. The van der Waals surface area contributed by atoms with Gasteiger partial charge in [-0.05, 0) is 36.1 Å². The number of fused-ring (bicyclic) bond motifs is 1. The summed E-state index contributed by atoms with van der Waals surface area (Å²) in [5.41, 5.74) is 3.15. The molecule has 7 nitrogen and oxygen atoms in total. The molecule has 10 heteroatoms. The zero-order valence-corrected chi connectivity index (χ0v) is 22.8. The molecule has 0 aliphatic carbocycles. The number of carbonyl (C=O) groups is 1. The average molecular weight is 536 g/mol. The highest BCUT2D eigenvalue weighted by atomic mass is 32.2. The maximum Gasteiger partial charge on any atom is 0.262 e. The van der Waals surface area contributed by atoms with Crippen molar-refractivity contribution in [2.24, 2.45) is 5.92 Å². The van der Waals surface area contributed by atoms with Gasteiger partial charge in [-0.1, -0.05) is 82.1 Å². The fourth-order valence-corrected chi connectivity index (χ4v) is 7.84. The number of thiazole rings is 1. The van der Waals surface area contributed by atoms with Crippen molar-refractivity contribution in [2.45, 2.75) is 68.3 Å². The number of thioether (sulfide) groups is 1. The number of hydrogen-bond donors (Lipinski definition) is 2. The minimum absolute atomic E-state index is 0.000963. The van der Waals surface area contributed by atoms with Crippen LogP contribution in [0.5, 0.6) is 0 Å². The van der Waals surface area contributed by atoms with Crippen LogP contribution in [0.15, 0.2) is 57.8 Å². The molecular weight excluding hydrogens is 502 g/mol. The Labute approximate surface area is 216 Å². The molecule has 0 bridgehead atoms. The van der Waals surface area contributed by atoms with Crippen LogP contribution < -0.4 is 5.48 Å². The lowest BCUT2D eigenvalue weighted by atomic mass is 10.0. The van der Waals surface area contributed by atoms with Crippen LogP contribution in [-0.2, 0) is 21.4 Å². The van der Waals surface area contributed by atoms with Gasteiger partial charge in [0.2, 0.25) is 10.0 Å². The zero-order valence-electron chi connectivity index (χ0n) is 20.3. The van der Waals surface area contributed by atoms with Gasteiger partial charge < -0.3 is 0 Å². The molecule has 0 unspecified atom stereocenters. The van der Waals surface area contributed by atoms with Crippen LogP contribution >= 0.6 is 23.1 Å². The molecule has 1 aromatic heterocycles. The summed E-state index contributed by atoms with van der Waals surface area (Å²) in [5, 5.41) is 9.34. The summed E-state index contributed by atoms with van der Waals surface area (Å²) < 4.78 is 30.6. The molecule has 0 aliphatic heterocycles. The van der Waals surface area contributed by atoms with Gasteiger partial charge in [0, 0.05) is 12.3 Å². The molecule has 0 radical (unpaired) electrons. The van der Waals surface area contributed by atoms with Gasteiger partial charge in [0.1, 0.15) is 6.04 Å². The van der Waals surface area contributed by atoms with E-state index >= 15 is 0 Å². The first-order chi connectivity index (χ1) is 16.8. The van der Waals surface area contributed by atoms with Gasteiger partial charge in [0.15, 0.2) is 4.34 Å². The molecule has 35 heavy (non-hydrogen) atoms. The van der Waals surface area contributed by atoms with E-state index in [4.69, 9.17) is 0 Å². The molecule has 0 saturated carbocycles. The Bertz CT molecular complexity index is 1210. The molecular formula is C25H33N3O4S3. The minimum Gasteiger partial charge on any atom is -0.289 e. The summed E-state index contributed by atoms with van der Waals surface area (Å²) in [6, 6.07) is 12.9. The van der Waals surface area contributed by atoms with E-state index in [9.17, 15) is 18.4 Å². The molecule has 3 rings (SSSR count). The fourth-order valence-electron chi connectivity index (χ4n) is 3.86. The molecule has 2 aromatic carbocycles. The topological polar surface area (TPSA) is 99.6 Å². The van der Waals surface area contributed by atoms with E-state index in [1.165, 1.54) is 34.9 Å². The second kappa shape index (κ2) is 12.8. The predicted molar refractivity (Wildman–Crippen MR) is 142 cm³/mol. The Hall–Kier alpha value is -1.98. The van der Waals surface area contributed by atoms with Crippen LogP contribution in [0.1, 0.15) is 52.0 Å². The van der Waals surface area contributed by atoms with E-state index in [2.05, 4.69) is 11.9 Å². The number of hydroxylamine groups is 1. The second-order valence-corrected chi connectivity index (χ2v) is 13.0. The maximum atomic E-state index is 13.9. The van der Waals surface area contributed by atoms with Gasteiger partial charge in [-0.15, -0.1) is 11.3 Å². The Morgan fingerprint density at radius 1 is 1.14 bits per heavy atom. The molecule has 190 valence electrons. The second-order valence-electron chi connectivity index (χ2n) is 8.72. The van der Waals surface area contributed by atoms with Crippen molar-refractivity contribution in [3.05, 3.63) is 54.1 Å². The molecule has 0 spiro atoms. The minimum atomic E-state index is -4.07. The largest absolute Gasteiger partial charge is 0.289 e. The van der Waals surface area contributed by atoms with E-state index in [1.54, 1.807) is 49.3 Å². The number of sulfonamides is 1. The molecule has 1 heterocycles.